The maximum Gasteiger partial charge on any atom is 0.271 e. The van der Waals surface area contributed by atoms with Crippen LogP contribution in [-0.4, -0.2) is 29.9 Å². The SMILES string of the molecule is CC(C)N1CC=C(NNC(=O)c2ccc(Cl)cc2Cl)CC1. The van der Waals surface area contributed by atoms with Crippen molar-refractivity contribution >= 4 is 29.1 Å². The van der Waals surface area contributed by atoms with Gasteiger partial charge in [0.05, 0.1) is 10.6 Å². The molecule has 2 N–H and O–H groups in total. The van der Waals surface area contributed by atoms with Gasteiger partial charge in [-0.1, -0.05) is 23.2 Å². The zero-order chi connectivity index (χ0) is 15.4. The van der Waals surface area contributed by atoms with E-state index in [1.54, 1.807) is 18.2 Å². The van der Waals surface area contributed by atoms with Crippen molar-refractivity contribution in [3.8, 4) is 0 Å². The second-order valence-electron chi connectivity index (χ2n) is 5.27. The topological polar surface area (TPSA) is 44.4 Å². The van der Waals surface area contributed by atoms with Gasteiger partial charge in [0.25, 0.3) is 5.91 Å². The molecule has 114 valence electrons. The Labute approximate surface area is 135 Å². The second kappa shape index (κ2) is 7.16. The summed E-state index contributed by atoms with van der Waals surface area (Å²) in [6.07, 6.45) is 2.97. The minimum atomic E-state index is -0.274. The highest BCUT2D eigenvalue weighted by molar-refractivity contribution is 6.36. The molecule has 4 nitrogen and oxygen atoms in total. The molecular formula is C15H19Cl2N3O. The normalized spacial score (nSPS) is 15.8. The quantitative estimate of drug-likeness (QED) is 0.834. The van der Waals surface area contributed by atoms with Crippen LogP contribution < -0.4 is 10.9 Å². The van der Waals surface area contributed by atoms with E-state index in [2.05, 4.69) is 35.7 Å². The van der Waals surface area contributed by atoms with Gasteiger partial charge in [0.15, 0.2) is 0 Å². The molecule has 1 aromatic carbocycles. The number of carbonyl (C=O) groups is 1. The van der Waals surface area contributed by atoms with Crippen molar-refractivity contribution in [3.05, 3.63) is 45.6 Å². The average molecular weight is 328 g/mol. The second-order valence-corrected chi connectivity index (χ2v) is 6.11. The minimum Gasteiger partial charge on any atom is -0.303 e. The average Bonchev–Trinajstić information content (AvgIpc) is 2.45. The summed E-state index contributed by atoms with van der Waals surface area (Å²) in [7, 11) is 0. The standard InChI is InChI=1S/C15H19Cl2N3O/c1-10(2)20-7-5-12(6-8-20)18-19-15(21)13-4-3-11(16)9-14(13)17/h3-5,9-10,18H,6-8H2,1-2H3,(H,19,21). The molecule has 0 bridgehead atoms. The molecule has 0 unspecified atom stereocenters. The molecule has 0 radical (unpaired) electrons. The highest BCUT2D eigenvalue weighted by Crippen LogP contribution is 2.20. The Morgan fingerprint density at radius 2 is 2.10 bits per heavy atom. The molecule has 2 rings (SSSR count). The maximum absolute atomic E-state index is 12.1. The van der Waals surface area contributed by atoms with Gasteiger partial charge in [0.1, 0.15) is 0 Å². The van der Waals surface area contributed by atoms with Gasteiger partial charge in [0, 0.05) is 36.3 Å². The van der Waals surface area contributed by atoms with E-state index >= 15 is 0 Å². The molecule has 0 atom stereocenters. The molecule has 1 aromatic rings. The van der Waals surface area contributed by atoms with E-state index in [0.29, 0.717) is 21.7 Å². The largest absolute Gasteiger partial charge is 0.303 e. The Morgan fingerprint density at radius 3 is 2.67 bits per heavy atom. The Hall–Kier alpha value is -1.23. The lowest BCUT2D eigenvalue weighted by molar-refractivity contribution is 0.0937. The number of hydrazine groups is 1. The molecule has 0 saturated heterocycles. The molecule has 0 aromatic heterocycles. The molecule has 21 heavy (non-hydrogen) atoms. The van der Waals surface area contributed by atoms with Gasteiger partial charge in [0.2, 0.25) is 0 Å². The fourth-order valence-corrected chi connectivity index (χ4v) is 2.64. The van der Waals surface area contributed by atoms with E-state index < -0.39 is 0 Å². The summed E-state index contributed by atoms with van der Waals surface area (Å²) in [4.78, 5) is 14.4. The van der Waals surface area contributed by atoms with Crippen LogP contribution in [0.15, 0.2) is 30.0 Å². The third kappa shape index (κ3) is 4.37. The van der Waals surface area contributed by atoms with Crippen molar-refractivity contribution < 1.29 is 4.79 Å². The van der Waals surface area contributed by atoms with E-state index in [9.17, 15) is 4.79 Å². The molecule has 1 aliphatic rings. The Morgan fingerprint density at radius 1 is 1.33 bits per heavy atom. The van der Waals surface area contributed by atoms with Crippen LogP contribution in [0.3, 0.4) is 0 Å². The maximum atomic E-state index is 12.1. The number of hydrogen-bond donors (Lipinski definition) is 2. The first-order valence-corrected chi connectivity index (χ1v) is 7.67. The van der Waals surface area contributed by atoms with Crippen LogP contribution in [-0.2, 0) is 0 Å². The van der Waals surface area contributed by atoms with Gasteiger partial charge in [-0.3, -0.25) is 15.1 Å². The lowest BCUT2D eigenvalue weighted by Crippen LogP contribution is -2.41. The van der Waals surface area contributed by atoms with Crippen LogP contribution in [0.2, 0.25) is 10.0 Å². The van der Waals surface area contributed by atoms with Gasteiger partial charge in [-0.15, -0.1) is 0 Å². The Kier molecular flexibility index (Phi) is 5.51. The number of nitrogens with one attached hydrogen (secondary N) is 2. The molecule has 0 saturated carbocycles. The minimum absolute atomic E-state index is 0.274. The van der Waals surface area contributed by atoms with E-state index in [4.69, 9.17) is 23.2 Å². The van der Waals surface area contributed by atoms with Gasteiger partial charge in [-0.05, 0) is 38.1 Å². The van der Waals surface area contributed by atoms with Gasteiger partial charge < -0.3 is 5.43 Å². The predicted molar refractivity (Wildman–Crippen MR) is 86.5 cm³/mol. The van der Waals surface area contributed by atoms with E-state index in [-0.39, 0.29) is 5.91 Å². The van der Waals surface area contributed by atoms with Crippen LogP contribution in [0.1, 0.15) is 30.6 Å². The first-order chi connectivity index (χ1) is 9.97. The predicted octanol–water partition coefficient (Wildman–Crippen LogP) is 3.23. The number of carbonyl (C=O) groups excluding carboxylic acids is 1. The van der Waals surface area contributed by atoms with Crippen molar-refractivity contribution in [1.29, 1.82) is 0 Å². The number of benzene rings is 1. The zero-order valence-corrected chi connectivity index (χ0v) is 13.6. The highest BCUT2D eigenvalue weighted by Gasteiger charge is 2.15. The summed E-state index contributed by atoms with van der Waals surface area (Å²) in [5.41, 5.74) is 7.05. The number of amides is 1. The molecule has 0 spiro atoms. The first kappa shape index (κ1) is 16.1. The van der Waals surface area contributed by atoms with Crippen molar-refractivity contribution in [3.63, 3.8) is 0 Å². The first-order valence-electron chi connectivity index (χ1n) is 6.92. The number of halogens is 2. The van der Waals surface area contributed by atoms with E-state index in [1.165, 1.54) is 0 Å². The number of nitrogens with zero attached hydrogens (tertiary/aromatic N) is 1. The van der Waals surface area contributed by atoms with Crippen LogP contribution >= 0.6 is 23.2 Å². The molecule has 1 heterocycles. The monoisotopic (exact) mass is 327 g/mol. The lowest BCUT2D eigenvalue weighted by Gasteiger charge is -2.29. The summed E-state index contributed by atoms with van der Waals surface area (Å²) in [6, 6.07) is 5.34. The molecule has 6 heteroatoms. The molecular weight excluding hydrogens is 309 g/mol. The van der Waals surface area contributed by atoms with Gasteiger partial charge in [-0.2, -0.15) is 0 Å². The summed E-state index contributed by atoms with van der Waals surface area (Å²) in [6.45, 7) is 6.22. The van der Waals surface area contributed by atoms with Crippen LogP contribution in [0.4, 0.5) is 0 Å². The molecule has 0 fully saturated rings. The Balaban J connectivity index is 1.90. The van der Waals surface area contributed by atoms with Crippen LogP contribution in [0.5, 0.6) is 0 Å². The van der Waals surface area contributed by atoms with Crippen molar-refractivity contribution in [2.45, 2.75) is 26.3 Å². The number of rotatable bonds is 4. The highest BCUT2D eigenvalue weighted by atomic mass is 35.5. The third-order valence-electron chi connectivity index (χ3n) is 3.48. The van der Waals surface area contributed by atoms with Crippen LogP contribution in [0, 0.1) is 0 Å². The van der Waals surface area contributed by atoms with Crippen molar-refractivity contribution in [1.82, 2.24) is 15.8 Å². The molecule has 1 aliphatic heterocycles. The summed E-state index contributed by atoms with van der Waals surface area (Å²) in [5.74, 6) is -0.274. The van der Waals surface area contributed by atoms with Crippen molar-refractivity contribution in [2.24, 2.45) is 0 Å². The summed E-state index contributed by atoms with van der Waals surface area (Å²) < 4.78 is 0. The van der Waals surface area contributed by atoms with Crippen LogP contribution in [0.25, 0.3) is 0 Å². The van der Waals surface area contributed by atoms with Crippen molar-refractivity contribution in [2.75, 3.05) is 13.1 Å². The fraction of sp³-hybridized carbons (Fsp3) is 0.400. The zero-order valence-electron chi connectivity index (χ0n) is 12.1. The fourth-order valence-electron chi connectivity index (χ4n) is 2.15. The smallest absolute Gasteiger partial charge is 0.271 e. The van der Waals surface area contributed by atoms with E-state index in [1.807, 2.05) is 0 Å². The summed E-state index contributed by atoms with van der Waals surface area (Å²) in [5, 5.41) is 0.846. The number of hydrogen-bond acceptors (Lipinski definition) is 3. The van der Waals surface area contributed by atoms with E-state index in [0.717, 1.165) is 25.2 Å². The van der Waals surface area contributed by atoms with Gasteiger partial charge >= 0.3 is 0 Å². The third-order valence-corrected chi connectivity index (χ3v) is 4.03. The van der Waals surface area contributed by atoms with Gasteiger partial charge in [-0.25, -0.2) is 0 Å². The molecule has 0 aliphatic carbocycles. The molecule has 1 amide bonds. The Bertz CT molecular complexity index is 558. The summed E-state index contributed by atoms with van der Waals surface area (Å²) >= 11 is 11.8. The lowest BCUT2D eigenvalue weighted by atomic mass is 10.1.